The molecule has 1 heterocycles. The fourth-order valence-electron chi connectivity index (χ4n) is 3.98. The second-order valence-electron chi connectivity index (χ2n) is 8.13. The van der Waals surface area contributed by atoms with E-state index in [2.05, 4.69) is 58.7 Å². The first-order valence-corrected chi connectivity index (χ1v) is 8.58. The molecule has 0 N–H and O–H groups in total. The zero-order chi connectivity index (χ0) is 17.7. The number of hydrogen-bond donors (Lipinski definition) is 0. The first-order valence-electron chi connectivity index (χ1n) is 8.58. The van der Waals surface area contributed by atoms with E-state index in [-0.39, 0.29) is 23.0 Å². The summed E-state index contributed by atoms with van der Waals surface area (Å²) < 4.78 is 5.88. The molecule has 0 aliphatic carbocycles. The summed E-state index contributed by atoms with van der Waals surface area (Å²) in [7, 11) is 2.09. The molecular formula is C21H27NO2. The third-order valence-electron chi connectivity index (χ3n) is 5.92. The minimum absolute atomic E-state index is 0.0114. The van der Waals surface area contributed by atoms with E-state index in [1.807, 2.05) is 24.3 Å². The van der Waals surface area contributed by atoms with Gasteiger partial charge in [-0.1, -0.05) is 30.3 Å². The van der Waals surface area contributed by atoms with Crippen LogP contribution in [0.1, 0.15) is 39.7 Å². The van der Waals surface area contributed by atoms with Crippen LogP contribution < -0.4 is 4.74 Å². The van der Waals surface area contributed by atoms with Crippen LogP contribution in [0.4, 0.5) is 0 Å². The average molecular weight is 325 g/mol. The van der Waals surface area contributed by atoms with Gasteiger partial charge in [0.05, 0.1) is 5.92 Å². The second-order valence-corrected chi connectivity index (χ2v) is 8.13. The van der Waals surface area contributed by atoms with Crippen molar-refractivity contribution in [1.29, 1.82) is 0 Å². The van der Waals surface area contributed by atoms with Gasteiger partial charge < -0.3 is 4.74 Å². The van der Waals surface area contributed by atoms with E-state index in [1.165, 1.54) is 5.56 Å². The first-order chi connectivity index (χ1) is 11.1. The van der Waals surface area contributed by atoms with Crippen LogP contribution in [-0.2, 0) is 4.79 Å². The van der Waals surface area contributed by atoms with E-state index in [1.54, 1.807) is 0 Å². The Balaban J connectivity index is 1.93. The standard InChI is InChI=1S/C21H27NO2/c1-14-9-7-11-16-15(14)10-8-12-18(16)24-19(23)17-13-20(2,3)22(6)21(17,4)5/h7-12,17H,13H2,1-6H3. The van der Waals surface area contributed by atoms with Crippen molar-refractivity contribution in [3.63, 3.8) is 0 Å². The largest absolute Gasteiger partial charge is 0.426 e. The molecule has 128 valence electrons. The zero-order valence-corrected chi connectivity index (χ0v) is 15.5. The van der Waals surface area contributed by atoms with Crippen molar-refractivity contribution in [2.75, 3.05) is 7.05 Å². The van der Waals surface area contributed by atoms with Crippen LogP contribution in [0.3, 0.4) is 0 Å². The molecule has 0 saturated carbocycles. The third-order valence-corrected chi connectivity index (χ3v) is 5.92. The van der Waals surface area contributed by atoms with Crippen LogP contribution in [0.5, 0.6) is 5.75 Å². The van der Waals surface area contributed by atoms with E-state index in [0.717, 1.165) is 17.2 Å². The van der Waals surface area contributed by atoms with Gasteiger partial charge in [-0.3, -0.25) is 9.69 Å². The number of ether oxygens (including phenoxy) is 1. The molecule has 0 radical (unpaired) electrons. The minimum Gasteiger partial charge on any atom is -0.426 e. The molecule has 1 unspecified atom stereocenters. The maximum absolute atomic E-state index is 12.9. The van der Waals surface area contributed by atoms with E-state index >= 15 is 0 Å². The molecule has 0 amide bonds. The Labute approximate surface area is 144 Å². The Morgan fingerprint density at radius 2 is 1.71 bits per heavy atom. The van der Waals surface area contributed by atoms with Gasteiger partial charge in [0.15, 0.2) is 0 Å². The lowest BCUT2D eigenvalue weighted by molar-refractivity contribution is -0.141. The van der Waals surface area contributed by atoms with Gasteiger partial charge in [-0.25, -0.2) is 0 Å². The Bertz CT molecular complexity index is 792. The Kier molecular flexibility index (Phi) is 3.95. The summed E-state index contributed by atoms with van der Waals surface area (Å²) in [6, 6.07) is 12.0. The van der Waals surface area contributed by atoms with E-state index < -0.39 is 0 Å². The summed E-state index contributed by atoms with van der Waals surface area (Å²) in [5.74, 6) is 0.383. The Hall–Kier alpha value is -1.87. The zero-order valence-electron chi connectivity index (χ0n) is 15.5. The molecule has 0 aromatic heterocycles. The van der Waals surface area contributed by atoms with Gasteiger partial charge in [-0.05, 0) is 65.1 Å². The van der Waals surface area contributed by atoms with E-state index in [4.69, 9.17) is 4.74 Å². The first kappa shape index (κ1) is 17.0. The van der Waals surface area contributed by atoms with Crippen LogP contribution in [0.25, 0.3) is 10.8 Å². The van der Waals surface area contributed by atoms with Gasteiger partial charge in [0, 0.05) is 16.5 Å². The SMILES string of the molecule is Cc1cccc2c(OC(=O)C3CC(C)(C)N(C)C3(C)C)cccc12. The van der Waals surface area contributed by atoms with E-state index in [0.29, 0.717) is 5.75 Å². The van der Waals surface area contributed by atoms with Crippen LogP contribution in [0.2, 0.25) is 0 Å². The normalized spacial score (nSPS) is 22.7. The highest BCUT2D eigenvalue weighted by Crippen LogP contribution is 2.44. The van der Waals surface area contributed by atoms with Crippen LogP contribution in [0, 0.1) is 12.8 Å². The summed E-state index contributed by atoms with van der Waals surface area (Å²) in [5.41, 5.74) is 0.955. The van der Waals surface area contributed by atoms with Crippen LogP contribution >= 0.6 is 0 Å². The molecule has 1 fully saturated rings. The number of carbonyl (C=O) groups is 1. The highest BCUT2D eigenvalue weighted by atomic mass is 16.5. The summed E-state index contributed by atoms with van der Waals surface area (Å²) in [6.07, 6.45) is 0.805. The molecule has 3 heteroatoms. The molecule has 2 aromatic carbocycles. The maximum atomic E-state index is 12.9. The number of carbonyl (C=O) groups excluding carboxylic acids is 1. The highest BCUT2D eigenvalue weighted by Gasteiger charge is 2.53. The summed E-state index contributed by atoms with van der Waals surface area (Å²) in [5, 5.41) is 2.13. The highest BCUT2D eigenvalue weighted by molar-refractivity contribution is 5.93. The van der Waals surface area contributed by atoms with E-state index in [9.17, 15) is 4.79 Å². The number of esters is 1. The molecule has 2 aromatic rings. The summed E-state index contributed by atoms with van der Waals surface area (Å²) in [4.78, 5) is 15.2. The molecular weight excluding hydrogens is 298 g/mol. The number of benzene rings is 2. The molecule has 1 atom stereocenters. The Morgan fingerprint density at radius 1 is 1.08 bits per heavy atom. The van der Waals surface area contributed by atoms with Gasteiger partial charge >= 0.3 is 5.97 Å². The monoisotopic (exact) mass is 325 g/mol. The van der Waals surface area contributed by atoms with Gasteiger partial charge in [-0.15, -0.1) is 0 Å². The number of rotatable bonds is 2. The molecule has 0 spiro atoms. The fraction of sp³-hybridized carbons (Fsp3) is 0.476. The predicted molar refractivity (Wildman–Crippen MR) is 98.3 cm³/mol. The smallest absolute Gasteiger partial charge is 0.316 e. The fourth-order valence-corrected chi connectivity index (χ4v) is 3.98. The second kappa shape index (κ2) is 5.59. The lowest BCUT2D eigenvalue weighted by Gasteiger charge is -2.37. The lowest BCUT2D eigenvalue weighted by atomic mass is 9.87. The summed E-state index contributed by atoms with van der Waals surface area (Å²) >= 11 is 0. The molecule has 0 bridgehead atoms. The molecule has 1 aliphatic heterocycles. The number of aryl methyl sites for hydroxylation is 1. The topological polar surface area (TPSA) is 29.5 Å². The lowest BCUT2D eigenvalue weighted by Crippen LogP contribution is -2.48. The molecule has 24 heavy (non-hydrogen) atoms. The van der Waals surface area contributed by atoms with Crippen molar-refractivity contribution in [3.05, 3.63) is 42.0 Å². The van der Waals surface area contributed by atoms with Crippen molar-refractivity contribution in [1.82, 2.24) is 4.90 Å². The number of hydrogen-bond acceptors (Lipinski definition) is 3. The quantitative estimate of drug-likeness (QED) is 0.599. The van der Waals surface area contributed by atoms with Gasteiger partial charge in [0.25, 0.3) is 0 Å². The van der Waals surface area contributed by atoms with Crippen molar-refractivity contribution in [2.45, 2.75) is 52.1 Å². The van der Waals surface area contributed by atoms with Gasteiger partial charge in [0.2, 0.25) is 0 Å². The number of likely N-dealkylation sites (tertiary alicyclic amines) is 1. The Morgan fingerprint density at radius 3 is 2.33 bits per heavy atom. The number of fused-ring (bicyclic) bond motifs is 1. The predicted octanol–water partition coefficient (Wildman–Crippen LogP) is 4.56. The molecule has 1 saturated heterocycles. The number of nitrogens with zero attached hydrogens (tertiary/aromatic N) is 1. The van der Waals surface area contributed by atoms with Crippen molar-refractivity contribution < 1.29 is 9.53 Å². The minimum atomic E-state index is -0.221. The molecule has 3 rings (SSSR count). The maximum Gasteiger partial charge on any atom is 0.316 e. The van der Waals surface area contributed by atoms with Crippen LogP contribution in [0.15, 0.2) is 36.4 Å². The third kappa shape index (κ3) is 2.61. The van der Waals surface area contributed by atoms with Crippen molar-refractivity contribution in [3.8, 4) is 5.75 Å². The van der Waals surface area contributed by atoms with Crippen LogP contribution in [-0.4, -0.2) is 29.0 Å². The van der Waals surface area contributed by atoms with Gasteiger partial charge in [0.1, 0.15) is 5.75 Å². The van der Waals surface area contributed by atoms with Gasteiger partial charge in [-0.2, -0.15) is 0 Å². The summed E-state index contributed by atoms with van der Waals surface area (Å²) in [6.45, 7) is 10.7. The van der Waals surface area contributed by atoms with Crippen molar-refractivity contribution in [2.24, 2.45) is 5.92 Å². The van der Waals surface area contributed by atoms with Crippen molar-refractivity contribution >= 4 is 16.7 Å². The average Bonchev–Trinajstić information content (AvgIpc) is 2.68. The molecule has 3 nitrogen and oxygen atoms in total. The molecule has 1 aliphatic rings.